The highest BCUT2D eigenvalue weighted by Gasteiger charge is 2.02. The summed E-state index contributed by atoms with van der Waals surface area (Å²) in [6.45, 7) is 0. The first-order valence-corrected chi connectivity index (χ1v) is 5.55. The molecule has 0 fully saturated rings. The van der Waals surface area contributed by atoms with E-state index < -0.39 is 7.92 Å². The van der Waals surface area contributed by atoms with Gasteiger partial charge in [0.2, 0.25) is 0 Å². The molecular weight excluding hydrogens is 187 g/mol. The maximum Gasteiger partial charge on any atom is 0.120 e. The summed E-state index contributed by atoms with van der Waals surface area (Å²) in [6.07, 6.45) is 5.87. The molecule has 0 aromatic carbocycles. The molecule has 0 unspecified atom stereocenters. The zero-order valence-electron chi connectivity index (χ0n) is 7.03. The Kier molecular flexibility index (Phi) is 8.04. The van der Waals surface area contributed by atoms with Crippen LogP contribution in [0.25, 0.3) is 0 Å². The lowest BCUT2D eigenvalue weighted by molar-refractivity contribution is 0.568. The summed E-state index contributed by atoms with van der Waals surface area (Å²) in [5, 5.41) is 0. The normalized spacial score (nSPS) is 10.2. The lowest BCUT2D eigenvalue weighted by Crippen LogP contribution is -1.89. The molecule has 0 saturated heterocycles. The lowest BCUT2D eigenvalue weighted by atomic mass is 10.7. The van der Waals surface area contributed by atoms with Crippen LogP contribution >= 0.6 is 7.92 Å². The maximum absolute atomic E-state index is 9.91. The van der Waals surface area contributed by atoms with Crippen LogP contribution in [0.1, 0.15) is 0 Å². The SMILES string of the molecule is O=C=CCP(CC=C=O)CC=C=O. The number of hydrogen-bond acceptors (Lipinski definition) is 3. The van der Waals surface area contributed by atoms with Crippen molar-refractivity contribution in [2.24, 2.45) is 0 Å². The van der Waals surface area contributed by atoms with E-state index in [9.17, 15) is 14.4 Å². The van der Waals surface area contributed by atoms with Gasteiger partial charge < -0.3 is 0 Å². The van der Waals surface area contributed by atoms with Crippen LogP contribution in [0.15, 0.2) is 18.2 Å². The molecule has 0 saturated carbocycles. The Labute approximate surface area is 77.6 Å². The quantitative estimate of drug-likeness (QED) is 0.462. The van der Waals surface area contributed by atoms with Gasteiger partial charge in [-0.1, -0.05) is 7.92 Å². The van der Waals surface area contributed by atoms with E-state index in [1.54, 1.807) is 17.8 Å². The molecule has 0 aromatic rings. The molecule has 0 spiro atoms. The molecule has 68 valence electrons. The topological polar surface area (TPSA) is 51.2 Å². The van der Waals surface area contributed by atoms with Gasteiger partial charge in [-0.15, -0.1) is 0 Å². The van der Waals surface area contributed by atoms with E-state index in [1.165, 1.54) is 18.2 Å². The first-order valence-electron chi connectivity index (χ1n) is 3.65. The zero-order chi connectivity index (χ0) is 9.94. The van der Waals surface area contributed by atoms with E-state index in [2.05, 4.69) is 0 Å². The van der Waals surface area contributed by atoms with Gasteiger partial charge in [-0.05, 0) is 18.5 Å². The summed E-state index contributed by atoms with van der Waals surface area (Å²) in [6, 6.07) is 0. The summed E-state index contributed by atoms with van der Waals surface area (Å²) in [4.78, 5) is 29.7. The van der Waals surface area contributed by atoms with E-state index in [0.29, 0.717) is 18.5 Å². The van der Waals surface area contributed by atoms with E-state index in [0.717, 1.165) is 0 Å². The standard InChI is InChI=1S/C9H9O3P/c10-4-1-7-13(8-2-5-11)9-3-6-12/h1-3H,7-9H2. The second-order valence-corrected chi connectivity index (χ2v) is 4.62. The molecule has 0 aromatic heterocycles. The fraction of sp³-hybridized carbons (Fsp3) is 0.333. The van der Waals surface area contributed by atoms with Crippen LogP contribution in [0.4, 0.5) is 0 Å². The van der Waals surface area contributed by atoms with E-state index in [1.807, 2.05) is 0 Å². The van der Waals surface area contributed by atoms with Crippen LogP contribution in [0.5, 0.6) is 0 Å². The summed E-state index contributed by atoms with van der Waals surface area (Å²) in [5.74, 6) is 5.00. The Morgan fingerprint density at radius 3 is 1.31 bits per heavy atom. The second kappa shape index (κ2) is 8.87. The molecule has 0 bridgehead atoms. The largest absolute Gasteiger partial charge is 0.234 e. The third kappa shape index (κ3) is 7.15. The van der Waals surface area contributed by atoms with Gasteiger partial charge in [0, 0.05) is 18.2 Å². The molecule has 13 heavy (non-hydrogen) atoms. The Balaban J connectivity index is 4.07. The zero-order valence-corrected chi connectivity index (χ0v) is 7.92. The van der Waals surface area contributed by atoms with Crippen LogP contribution in [-0.4, -0.2) is 36.3 Å². The molecule has 0 amide bonds. The number of allylic oxidation sites excluding steroid dienone is 3. The molecule has 0 aliphatic rings. The first kappa shape index (κ1) is 11.8. The van der Waals surface area contributed by atoms with Crippen molar-refractivity contribution in [2.45, 2.75) is 0 Å². The summed E-state index contributed by atoms with van der Waals surface area (Å²) < 4.78 is 0. The molecule has 3 nitrogen and oxygen atoms in total. The maximum atomic E-state index is 9.91. The Hall–Kier alpha value is -1.22. The van der Waals surface area contributed by atoms with Crippen molar-refractivity contribution in [2.75, 3.05) is 18.5 Å². The van der Waals surface area contributed by atoms with E-state index >= 15 is 0 Å². The average Bonchev–Trinajstić information content (AvgIpc) is 2.17. The summed E-state index contributed by atoms with van der Waals surface area (Å²) >= 11 is 0. The van der Waals surface area contributed by atoms with Crippen LogP contribution in [-0.2, 0) is 14.4 Å². The first-order chi connectivity index (χ1) is 6.35. The molecule has 0 atom stereocenters. The Morgan fingerprint density at radius 1 is 0.769 bits per heavy atom. The van der Waals surface area contributed by atoms with Gasteiger partial charge >= 0.3 is 0 Å². The average molecular weight is 196 g/mol. The molecule has 0 N–H and O–H groups in total. The number of rotatable bonds is 6. The van der Waals surface area contributed by atoms with Gasteiger partial charge in [-0.25, -0.2) is 14.4 Å². The van der Waals surface area contributed by atoms with Crippen LogP contribution in [0.3, 0.4) is 0 Å². The molecule has 0 heterocycles. The van der Waals surface area contributed by atoms with Gasteiger partial charge in [0.1, 0.15) is 17.8 Å². The van der Waals surface area contributed by atoms with Crippen molar-refractivity contribution in [3.05, 3.63) is 18.2 Å². The molecule has 0 aliphatic heterocycles. The number of hydrogen-bond donors (Lipinski definition) is 0. The fourth-order valence-electron chi connectivity index (χ4n) is 0.723. The lowest BCUT2D eigenvalue weighted by Gasteiger charge is -2.07. The second-order valence-electron chi connectivity index (χ2n) is 2.18. The smallest absolute Gasteiger partial charge is 0.120 e. The monoisotopic (exact) mass is 196 g/mol. The van der Waals surface area contributed by atoms with E-state index in [-0.39, 0.29) is 0 Å². The van der Waals surface area contributed by atoms with Crippen LogP contribution in [0.2, 0.25) is 0 Å². The summed E-state index contributed by atoms with van der Waals surface area (Å²) in [7, 11) is -0.532. The van der Waals surface area contributed by atoms with Crippen molar-refractivity contribution in [1.82, 2.24) is 0 Å². The van der Waals surface area contributed by atoms with E-state index in [4.69, 9.17) is 0 Å². The highest BCUT2D eigenvalue weighted by atomic mass is 31.1. The van der Waals surface area contributed by atoms with Gasteiger partial charge in [-0.2, -0.15) is 0 Å². The van der Waals surface area contributed by atoms with Crippen molar-refractivity contribution in [1.29, 1.82) is 0 Å². The highest BCUT2D eigenvalue weighted by molar-refractivity contribution is 7.58. The highest BCUT2D eigenvalue weighted by Crippen LogP contribution is 2.34. The minimum atomic E-state index is -0.532. The van der Waals surface area contributed by atoms with Crippen molar-refractivity contribution >= 4 is 25.7 Å². The van der Waals surface area contributed by atoms with Crippen LogP contribution < -0.4 is 0 Å². The molecule has 0 aliphatic carbocycles. The van der Waals surface area contributed by atoms with Gasteiger partial charge in [-0.3, -0.25) is 0 Å². The van der Waals surface area contributed by atoms with Crippen molar-refractivity contribution in [3.8, 4) is 0 Å². The van der Waals surface area contributed by atoms with Gasteiger partial charge in [0.15, 0.2) is 0 Å². The minimum Gasteiger partial charge on any atom is -0.234 e. The molecule has 0 rings (SSSR count). The number of carbonyl (C=O) groups excluding carboxylic acids is 3. The predicted octanol–water partition coefficient (Wildman–Crippen LogP) is 0.632. The van der Waals surface area contributed by atoms with Crippen molar-refractivity contribution in [3.63, 3.8) is 0 Å². The third-order valence-electron chi connectivity index (χ3n) is 1.30. The Bertz CT molecular complexity index is 232. The van der Waals surface area contributed by atoms with Gasteiger partial charge in [0.05, 0.1) is 0 Å². The fourth-order valence-corrected chi connectivity index (χ4v) is 2.17. The third-order valence-corrected chi connectivity index (χ3v) is 3.40. The van der Waals surface area contributed by atoms with Gasteiger partial charge in [0.25, 0.3) is 0 Å². The van der Waals surface area contributed by atoms with Crippen molar-refractivity contribution < 1.29 is 14.4 Å². The van der Waals surface area contributed by atoms with Crippen LogP contribution in [0, 0.1) is 0 Å². The molecule has 0 radical (unpaired) electrons. The summed E-state index contributed by atoms with van der Waals surface area (Å²) in [5.41, 5.74) is 0. The Morgan fingerprint density at radius 2 is 1.08 bits per heavy atom. The molecular formula is C9H9O3P. The molecule has 4 heteroatoms. The minimum absolute atomic E-state index is 0.532. The predicted molar refractivity (Wildman–Crippen MR) is 52.3 cm³/mol.